The third-order valence-electron chi connectivity index (χ3n) is 3.13. The first kappa shape index (κ1) is 14.7. The number of nitriles is 1. The van der Waals surface area contributed by atoms with Crippen LogP contribution in [0.3, 0.4) is 0 Å². The molecule has 0 aliphatic heterocycles. The summed E-state index contributed by atoms with van der Waals surface area (Å²) in [6.07, 6.45) is 0.531. The fourth-order valence-corrected chi connectivity index (χ4v) is 1.99. The molecule has 4 heteroatoms. The minimum Gasteiger partial charge on any atom is -0.371 e. The SMILES string of the molecule is CCN(CCC#N)c1ccc(N=Nc2ccccc2)cc1. The zero-order chi connectivity index (χ0) is 14.9. The summed E-state index contributed by atoms with van der Waals surface area (Å²) in [7, 11) is 0. The van der Waals surface area contributed by atoms with Gasteiger partial charge in [-0.2, -0.15) is 15.5 Å². The monoisotopic (exact) mass is 278 g/mol. The molecule has 2 aromatic rings. The molecule has 0 fully saturated rings. The minimum absolute atomic E-state index is 0.531. The van der Waals surface area contributed by atoms with Crippen LogP contribution in [0.5, 0.6) is 0 Å². The van der Waals surface area contributed by atoms with Crippen molar-refractivity contribution in [3.05, 3.63) is 54.6 Å². The Labute approximate surface area is 125 Å². The lowest BCUT2D eigenvalue weighted by Crippen LogP contribution is -2.23. The summed E-state index contributed by atoms with van der Waals surface area (Å²) in [5.74, 6) is 0. The van der Waals surface area contributed by atoms with Crippen LogP contribution in [0.1, 0.15) is 13.3 Å². The Balaban J connectivity index is 2.05. The van der Waals surface area contributed by atoms with Gasteiger partial charge in [-0.3, -0.25) is 0 Å². The molecular weight excluding hydrogens is 260 g/mol. The van der Waals surface area contributed by atoms with Gasteiger partial charge in [0, 0.05) is 18.8 Å². The Morgan fingerprint density at radius 1 is 0.952 bits per heavy atom. The summed E-state index contributed by atoms with van der Waals surface area (Å²) in [5, 5.41) is 17.1. The van der Waals surface area contributed by atoms with E-state index in [9.17, 15) is 0 Å². The first-order valence-electron chi connectivity index (χ1n) is 7.02. The summed E-state index contributed by atoms with van der Waals surface area (Å²) in [6, 6.07) is 19.7. The van der Waals surface area contributed by atoms with Crippen LogP contribution in [0.15, 0.2) is 64.8 Å². The lowest BCUT2D eigenvalue weighted by Gasteiger charge is -2.21. The van der Waals surface area contributed by atoms with Gasteiger partial charge in [0.15, 0.2) is 0 Å². The van der Waals surface area contributed by atoms with E-state index in [4.69, 9.17) is 5.26 Å². The highest BCUT2D eigenvalue weighted by Crippen LogP contribution is 2.22. The van der Waals surface area contributed by atoms with Crippen LogP contribution in [0, 0.1) is 11.3 Å². The van der Waals surface area contributed by atoms with Crippen molar-refractivity contribution in [2.75, 3.05) is 18.0 Å². The van der Waals surface area contributed by atoms with Crippen LogP contribution < -0.4 is 4.90 Å². The normalized spacial score (nSPS) is 10.5. The fraction of sp³-hybridized carbons (Fsp3) is 0.235. The van der Waals surface area contributed by atoms with E-state index in [1.165, 1.54) is 0 Å². The van der Waals surface area contributed by atoms with Gasteiger partial charge in [0.2, 0.25) is 0 Å². The number of benzene rings is 2. The largest absolute Gasteiger partial charge is 0.371 e. The molecule has 0 atom stereocenters. The zero-order valence-corrected chi connectivity index (χ0v) is 12.1. The van der Waals surface area contributed by atoms with Crippen molar-refractivity contribution in [3.8, 4) is 6.07 Å². The van der Waals surface area contributed by atoms with Crippen LogP contribution in [0.25, 0.3) is 0 Å². The van der Waals surface area contributed by atoms with E-state index in [1.54, 1.807) is 0 Å². The van der Waals surface area contributed by atoms with E-state index in [0.717, 1.165) is 30.2 Å². The second-order valence-electron chi connectivity index (χ2n) is 4.54. The molecule has 0 spiro atoms. The molecule has 0 aliphatic rings. The lowest BCUT2D eigenvalue weighted by molar-refractivity contribution is 0.827. The molecule has 21 heavy (non-hydrogen) atoms. The van der Waals surface area contributed by atoms with Gasteiger partial charge in [-0.05, 0) is 43.3 Å². The predicted molar refractivity (Wildman–Crippen MR) is 85.2 cm³/mol. The molecule has 106 valence electrons. The molecule has 0 bridgehead atoms. The molecule has 2 rings (SSSR count). The van der Waals surface area contributed by atoms with Gasteiger partial charge >= 0.3 is 0 Å². The van der Waals surface area contributed by atoms with Gasteiger partial charge in [0.05, 0.1) is 23.9 Å². The standard InChI is InChI=1S/C17H18N4/c1-2-21(14-6-13-18)17-11-9-16(10-12-17)20-19-15-7-4-3-5-8-15/h3-5,7-12H,2,6,14H2,1H3. The van der Waals surface area contributed by atoms with Gasteiger partial charge < -0.3 is 4.90 Å². The average Bonchev–Trinajstić information content (AvgIpc) is 2.56. The van der Waals surface area contributed by atoms with Gasteiger partial charge in [-0.1, -0.05) is 18.2 Å². The quantitative estimate of drug-likeness (QED) is 0.710. The van der Waals surface area contributed by atoms with Gasteiger partial charge in [0.25, 0.3) is 0 Å². The van der Waals surface area contributed by atoms with Gasteiger partial charge in [-0.25, -0.2) is 0 Å². The summed E-state index contributed by atoms with van der Waals surface area (Å²) >= 11 is 0. The first-order chi connectivity index (χ1) is 10.3. The highest BCUT2D eigenvalue weighted by molar-refractivity contribution is 5.53. The first-order valence-corrected chi connectivity index (χ1v) is 7.02. The van der Waals surface area contributed by atoms with Crippen molar-refractivity contribution in [2.45, 2.75) is 13.3 Å². The molecule has 0 heterocycles. The van der Waals surface area contributed by atoms with Crippen molar-refractivity contribution in [1.29, 1.82) is 5.26 Å². The maximum atomic E-state index is 8.68. The van der Waals surface area contributed by atoms with Crippen LogP contribution in [0.2, 0.25) is 0 Å². The summed E-state index contributed by atoms with van der Waals surface area (Å²) in [6.45, 7) is 3.71. The Morgan fingerprint density at radius 2 is 1.57 bits per heavy atom. The Bertz CT molecular complexity index is 611. The van der Waals surface area contributed by atoms with Gasteiger partial charge in [0.1, 0.15) is 0 Å². The van der Waals surface area contributed by atoms with E-state index in [2.05, 4.69) is 28.1 Å². The predicted octanol–water partition coefficient (Wildman–Crippen LogP) is 4.84. The molecular formula is C17H18N4. The van der Waals surface area contributed by atoms with E-state index in [1.807, 2.05) is 54.6 Å². The molecule has 0 amide bonds. The summed E-state index contributed by atoms with van der Waals surface area (Å²) < 4.78 is 0. The second-order valence-corrected chi connectivity index (χ2v) is 4.54. The summed E-state index contributed by atoms with van der Waals surface area (Å²) in [5.41, 5.74) is 2.76. The lowest BCUT2D eigenvalue weighted by atomic mass is 10.2. The van der Waals surface area contributed by atoms with Crippen LogP contribution in [-0.4, -0.2) is 13.1 Å². The van der Waals surface area contributed by atoms with E-state index >= 15 is 0 Å². The summed E-state index contributed by atoms with van der Waals surface area (Å²) in [4.78, 5) is 2.17. The molecule has 0 unspecified atom stereocenters. The molecule has 0 aliphatic carbocycles. The number of hydrogen-bond acceptors (Lipinski definition) is 4. The highest BCUT2D eigenvalue weighted by Gasteiger charge is 2.03. The molecule has 0 radical (unpaired) electrons. The topological polar surface area (TPSA) is 51.8 Å². The maximum Gasteiger partial charge on any atom is 0.0858 e. The molecule has 0 saturated carbocycles. The van der Waals surface area contributed by atoms with Crippen molar-refractivity contribution in [3.63, 3.8) is 0 Å². The fourth-order valence-electron chi connectivity index (χ4n) is 1.99. The second kappa shape index (κ2) is 7.81. The smallest absolute Gasteiger partial charge is 0.0858 e. The molecule has 4 nitrogen and oxygen atoms in total. The van der Waals surface area contributed by atoms with Crippen molar-refractivity contribution in [1.82, 2.24) is 0 Å². The molecule has 0 saturated heterocycles. The van der Waals surface area contributed by atoms with E-state index < -0.39 is 0 Å². The number of azo groups is 1. The Hall–Kier alpha value is -2.67. The number of anilines is 1. The molecule has 0 N–H and O–H groups in total. The molecule has 0 aromatic heterocycles. The number of hydrogen-bond donors (Lipinski definition) is 0. The Morgan fingerprint density at radius 3 is 2.14 bits per heavy atom. The number of nitrogens with zero attached hydrogens (tertiary/aromatic N) is 4. The minimum atomic E-state index is 0.531. The van der Waals surface area contributed by atoms with Crippen LogP contribution in [0.4, 0.5) is 17.1 Å². The van der Waals surface area contributed by atoms with E-state index in [-0.39, 0.29) is 0 Å². The third kappa shape index (κ3) is 4.43. The van der Waals surface area contributed by atoms with Crippen LogP contribution >= 0.6 is 0 Å². The van der Waals surface area contributed by atoms with Crippen molar-refractivity contribution >= 4 is 17.1 Å². The average molecular weight is 278 g/mol. The Kier molecular flexibility index (Phi) is 5.48. The third-order valence-corrected chi connectivity index (χ3v) is 3.13. The van der Waals surface area contributed by atoms with Gasteiger partial charge in [-0.15, -0.1) is 0 Å². The zero-order valence-electron chi connectivity index (χ0n) is 12.1. The number of rotatable bonds is 6. The maximum absolute atomic E-state index is 8.68. The molecule has 2 aromatic carbocycles. The highest BCUT2D eigenvalue weighted by atomic mass is 15.1. The van der Waals surface area contributed by atoms with Crippen molar-refractivity contribution in [2.24, 2.45) is 10.2 Å². The van der Waals surface area contributed by atoms with Crippen molar-refractivity contribution < 1.29 is 0 Å². The van der Waals surface area contributed by atoms with E-state index in [0.29, 0.717) is 6.42 Å². The van der Waals surface area contributed by atoms with Crippen LogP contribution in [-0.2, 0) is 0 Å².